The van der Waals surface area contributed by atoms with Crippen LogP contribution in [0.5, 0.6) is 0 Å². The average molecular weight is 198 g/mol. The Hall–Kier alpha value is -0.740. The lowest BCUT2D eigenvalue weighted by atomic mass is 10.3. The summed E-state index contributed by atoms with van der Waals surface area (Å²) >= 11 is 1.71. The Kier molecular flexibility index (Phi) is 4.64. The van der Waals surface area contributed by atoms with Gasteiger partial charge in [-0.25, -0.2) is 4.98 Å². The number of aliphatic hydroxyl groups excluding tert-OH is 1. The summed E-state index contributed by atoms with van der Waals surface area (Å²) in [6.07, 6.45) is 1.77. The molecule has 0 amide bonds. The molecule has 1 heterocycles. The van der Waals surface area contributed by atoms with Gasteiger partial charge in [0.1, 0.15) is 5.82 Å². The number of anilines is 1. The lowest BCUT2D eigenvalue weighted by Crippen LogP contribution is -1.97. The van der Waals surface area contributed by atoms with Gasteiger partial charge in [0.2, 0.25) is 0 Å². The summed E-state index contributed by atoms with van der Waals surface area (Å²) in [6.45, 7) is 0.236. The third-order valence-corrected chi connectivity index (χ3v) is 2.61. The lowest BCUT2D eigenvalue weighted by Gasteiger charge is -2.06. The van der Waals surface area contributed by atoms with Gasteiger partial charge in [-0.1, -0.05) is 6.07 Å². The molecule has 0 saturated carbocycles. The molecule has 0 bridgehead atoms. The van der Waals surface area contributed by atoms with E-state index >= 15 is 0 Å². The normalized spacial score (nSPS) is 10.0. The molecule has 0 fully saturated rings. The predicted molar refractivity (Wildman–Crippen MR) is 57.0 cm³/mol. The molecule has 1 aromatic heterocycles. The summed E-state index contributed by atoms with van der Waals surface area (Å²) in [5, 5.41) is 11.7. The fourth-order valence-electron chi connectivity index (χ4n) is 1.03. The molecule has 0 aliphatic heterocycles. The van der Waals surface area contributed by atoms with Gasteiger partial charge in [0.25, 0.3) is 0 Å². The van der Waals surface area contributed by atoms with Crippen LogP contribution in [0.15, 0.2) is 18.3 Å². The number of nitrogens with one attached hydrogen (secondary N) is 1. The molecule has 0 aromatic carbocycles. The van der Waals surface area contributed by atoms with Crippen LogP contribution in [-0.4, -0.2) is 29.5 Å². The van der Waals surface area contributed by atoms with Gasteiger partial charge >= 0.3 is 0 Å². The van der Waals surface area contributed by atoms with Crippen molar-refractivity contribution in [3.8, 4) is 0 Å². The minimum Gasteiger partial charge on any atom is -0.396 e. The van der Waals surface area contributed by atoms with Crippen LogP contribution in [-0.2, 0) is 5.75 Å². The standard InChI is InChI=1S/C9H14N2OS/c1-10-9-8(3-2-4-11-9)7-13-6-5-12/h2-4,12H,5-7H2,1H3,(H,10,11). The van der Waals surface area contributed by atoms with E-state index in [-0.39, 0.29) is 6.61 Å². The van der Waals surface area contributed by atoms with E-state index in [4.69, 9.17) is 5.11 Å². The Balaban J connectivity index is 2.54. The van der Waals surface area contributed by atoms with Crippen molar-refractivity contribution >= 4 is 17.6 Å². The van der Waals surface area contributed by atoms with E-state index in [1.807, 2.05) is 19.2 Å². The molecule has 0 aliphatic rings. The Morgan fingerprint density at radius 1 is 1.62 bits per heavy atom. The molecule has 1 aromatic rings. The summed E-state index contributed by atoms with van der Waals surface area (Å²) in [6, 6.07) is 3.97. The van der Waals surface area contributed by atoms with Gasteiger partial charge in [-0.2, -0.15) is 11.8 Å². The van der Waals surface area contributed by atoms with Crippen LogP contribution in [0, 0.1) is 0 Å². The molecule has 72 valence electrons. The maximum absolute atomic E-state index is 8.62. The quantitative estimate of drug-likeness (QED) is 0.701. The minimum absolute atomic E-state index is 0.236. The molecule has 13 heavy (non-hydrogen) atoms. The van der Waals surface area contributed by atoms with Crippen molar-refractivity contribution in [1.29, 1.82) is 0 Å². The van der Waals surface area contributed by atoms with Gasteiger partial charge in [0.15, 0.2) is 0 Å². The maximum Gasteiger partial charge on any atom is 0.129 e. The topological polar surface area (TPSA) is 45.2 Å². The van der Waals surface area contributed by atoms with Crippen LogP contribution in [0.25, 0.3) is 0 Å². The van der Waals surface area contributed by atoms with E-state index in [1.54, 1.807) is 18.0 Å². The highest BCUT2D eigenvalue weighted by molar-refractivity contribution is 7.98. The van der Waals surface area contributed by atoms with E-state index in [0.29, 0.717) is 0 Å². The van der Waals surface area contributed by atoms with Gasteiger partial charge in [0.05, 0.1) is 6.61 Å². The van der Waals surface area contributed by atoms with Gasteiger partial charge in [-0.15, -0.1) is 0 Å². The van der Waals surface area contributed by atoms with Crippen molar-refractivity contribution < 1.29 is 5.11 Å². The molecule has 4 heteroatoms. The van der Waals surface area contributed by atoms with E-state index in [9.17, 15) is 0 Å². The number of thioether (sulfide) groups is 1. The van der Waals surface area contributed by atoms with Crippen molar-refractivity contribution in [2.45, 2.75) is 5.75 Å². The Morgan fingerprint density at radius 3 is 3.15 bits per heavy atom. The number of rotatable bonds is 5. The molecule has 0 unspecified atom stereocenters. The second kappa shape index (κ2) is 5.83. The lowest BCUT2D eigenvalue weighted by molar-refractivity contribution is 0.322. The zero-order valence-corrected chi connectivity index (χ0v) is 8.47. The molecule has 2 N–H and O–H groups in total. The van der Waals surface area contributed by atoms with Crippen molar-refractivity contribution in [3.05, 3.63) is 23.9 Å². The molecule has 0 aliphatic carbocycles. The Morgan fingerprint density at radius 2 is 2.46 bits per heavy atom. The van der Waals surface area contributed by atoms with Crippen LogP contribution >= 0.6 is 11.8 Å². The van der Waals surface area contributed by atoms with Crippen LogP contribution in [0.1, 0.15) is 5.56 Å². The van der Waals surface area contributed by atoms with Crippen LogP contribution in [0.2, 0.25) is 0 Å². The van der Waals surface area contributed by atoms with Gasteiger partial charge in [0, 0.05) is 30.3 Å². The monoisotopic (exact) mass is 198 g/mol. The maximum atomic E-state index is 8.62. The smallest absolute Gasteiger partial charge is 0.129 e. The van der Waals surface area contributed by atoms with Crippen LogP contribution < -0.4 is 5.32 Å². The first-order valence-electron chi connectivity index (χ1n) is 4.18. The van der Waals surface area contributed by atoms with Gasteiger partial charge in [-0.05, 0) is 6.07 Å². The fourth-order valence-corrected chi connectivity index (χ4v) is 1.75. The predicted octanol–water partition coefficient (Wildman–Crippen LogP) is 1.35. The first kappa shape index (κ1) is 10.3. The second-order valence-corrected chi connectivity index (χ2v) is 3.64. The molecule has 0 atom stereocenters. The number of hydrogen-bond acceptors (Lipinski definition) is 4. The van der Waals surface area contributed by atoms with E-state index in [0.717, 1.165) is 17.3 Å². The molecular formula is C9H14N2OS. The molecule has 0 spiro atoms. The number of aromatic nitrogens is 1. The Bertz CT molecular complexity index is 255. The summed E-state index contributed by atoms with van der Waals surface area (Å²) < 4.78 is 0. The fraction of sp³-hybridized carbons (Fsp3) is 0.444. The Labute approximate surface area is 82.6 Å². The summed E-state index contributed by atoms with van der Waals surface area (Å²) in [5.41, 5.74) is 1.18. The number of nitrogens with zero attached hydrogens (tertiary/aromatic N) is 1. The van der Waals surface area contributed by atoms with E-state index < -0.39 is 0 Å². The largest absolute Gasteiger partial charge is 0.396 e. The molecule has 0 saturated heterocycles. The second-order valence-electron chi connectivity index (χ2n) is 2.54. The van der Waals surface area contributed by atoms with Crippen molar-refractivity contribution in [2.24, 2.45) is 0 Å². The average Bonchev–Trinajstić information content (AvgIpc) is 2.19. The summed E-state index contributed by atoms with van der Waals surface area (Å²) in [4.78, 5) is 4.19. The highest BCUT2D eigenvalue weighted by Crippen LogP contribution is 2.17. The van der Waals surface area contributed by atoms with Gasteiger partial charge in [-0.3, -0.25) is 0 Å². The third-order valence-electron chi connectivity index (χ3n) is 1.62. The number of hydrogen-bond donors (Lipinski definition) is 2. The first-order valence-corrected chi connectivity index (χ1v) is 5.34. The van der Waals surface area contributed by atoms with Crippen molar-refractivity contribution in [1.82, 2.24) is 4.98 Å². The highest BCUT2D eigenvalue weighted by Gasteiger charge is 1.99. The van der Waals surface area contributed by atoms with Crippen molar-refractivity contribution in [3.63, 3.8) is 0 Å². The number of pyridine rings is 1. The SMILES string of the molecule is CNc1ncccc1CSCCO. The van der Waals surface area contributed by atoms with Gasteiger partial charge < -0.3 is 10.4 Å². The van der Waals surface area contributed by atoms with Crippen LogP contribution in [0.3, 0.4) is 0 Å². The summed E-state index contributed by atoms with van der Waals surface area (Å²) in [5.74, 6) is 2.59. The zero-order valence-electron chi connectivity index (χ0n) is 7.66. The van der Waals surface area contributed by atoms with E-state index in [1.165, 1.54) is 5.56 Å². The molecule has 1 rings (SSSR count). The summed E-state index contributed by atoms with van der Waals surface area (Å²) in [7, 11) is 1.86. The first-order chi connectivity index (χ1) is 6.38. The molecule has 0 radical (unpaired) electrons. The zero-order chi connectivity index (χ0) is 9.52. The van der Waals surface area contributed by atoms with Crippen LogP contribution in [0.4, 0.5) is 5.82 Å². The van der Waals surface area contributed by atoms with Crippen molar-refractivity contribution in [2.75, 3.05) is 24.7 Å². The number of aliphatic hydroxyl groups is 1. The molecule has 3 nitrogen and oxygen atoms in total. The molecular weight excluding hydrogens is 184 g/mol. The van der Waals surface area contributed by atoms with E-state index in [2.05, 4.69) is 10.3 Å². The third kappa shape index (κ3) is 3.24. The minimum atomic E-state index is 0.236. The highest BCUT2D eigenvalue weighted by atomic mass is 32.2.